The van der Waals surface area contributed by atoms with Crippen molar-refractivity contribution in [1.29, 1.82) is 0 Å². The third-order valence-electron chi connectivity index (χ3n) is 4.26. The van der Waals surface area contributed by atoms with Gasteiger partial charge in [0.1, 0.15) is 0 Å². The average Bonchev–Trinajstić information content (AvgIpc) is 2.69. The summed E-state index contributed by atoms with van der Waals surface area (Å²) in [5.41, 5.74) is -1.02. The molecule has 0 aromatic heterocycles. The smallest absolute Gasteiger partial charge is 0.323 e. The van der Waals surface area contributed by atoms with Gasteiger partial charge in [-0.3, -0.25) is 9.59 Å². The molecule has 4 nitrogen and oxygen atoms in total. The lowest BCUT2D eigenvalue weighted by molar-refractivity contribution is -0.176. The Balaban J connectivity index is 2.22. The minimum atomic E-state index is -1.02. The molecule has 18 heavy (non-hydrogen) atoms. The van der Waals surface area contributed by atoms with Gasteiger partial charge in [-0.1, -0.05) is 12.8 Å². The number of hydrogen-bond acceptors (Lipinski definition) is 4. The van der Waals surface area contributed by atoms with Crippen LogP contribution in [0.5, 0.6) is 0 Å². The molecule has 0 aliphatic heterocycles. The van der Waals surface area contributed by atoms with Crippen LogP contribution in [-0.2, 0) is 19.1 Å². The van der Waals surface area contributed by atoms with Crippen molar-refractivity contribution in [1.82, 2.24) is 0 Å². The van der Waals surface area contributed by atoms with Gasteiger partial charge in [0.2, 0.25) is 0 Å². The second-order valence-electron chi connectivity index (χ2n) is 5.48. The van der Waals surface area contributed by atoms with Crippen LogP contribution in [0.25, 0.3) is 0 Å². The molecule has 0 saturated heterocycles. The zero-order valence-electron chi connectivity index (χ0n) is 11.2. The van der Waals surface area contributed by atoms with E-state index in [9.17, 15) is 9.59 Å². The number of carbonyl (C=O) groups excluding carboxylic acids is 2. The van der Waals surface area contributed by atoms with Crippen LogP contribution in [0.3, 0.4) is 0 Å². The highest BCUT2D eigenvalue weighted by Gasteiger charge is 2.55. The van der Waals surface area contributed by atoms with Gasteiger partial charge in [0.25, 0.3) is 0 Å². The van der Waals surface area contributed by atoms with Crippen LogP contribution in [0, 0.1) is 17.3 Å². The summed E-state index contributed by atoms with van der Waals surface area (Å²) in [6.07, 6.45) is 4.64. The summed E-state index contributed by atoms with van der Waals surface area (Å²) in [5, 5.41) is 0. The van der Waals surface area contributed by atoms with Gasteiger partial charge in [-0.05, 0) is 44.9 Å². The highest BCUT2D eigenvalue weighted by atomic mass is 16.6. The largest absolute Gasteiger partial charge is 0.465 e. The van der Waals surface area contributed by atoms with Gasteiger partial charge in [-0.2, -0.15) is 0 Å². The Labute approximate surface area is 108 Å². The van der Waals surface area contributed by atoms with Gasteiger partial charge in [-0.25, -0.2) is 0 Å². The number of hydrogen-bond donors (Lipinski definition) is 0. The quantitative estimate of drug-likeness (QED) is 0.570. The van der Waals surface area contributed by atoms with E-state index in [-0.39, 0.29) is 11.9 Å². The fraction of sp³-hybridized carbons (Fsp3) is 0.857. The summed E-state index contributed by atoms with van der Waals surface area (Å²) in [7, 11) is 0. The van der Waals surface area contributed by atoms with Crippen molar-refractivity contribution >= 4 is 11.9 Å². The van der Waals surface area contributed by atoms with E-state index in [0.29, 0.717) is 37.9 Å². The first-order valence-corrected chi connectivity index (χ1v) is 6.96. The van der Waals surface area contributed by atoms with Crippen molar-refractivity contribution < 1.29 is 19.1 Å². The molecule has 2 aliphatic carbocycles. The Morgan fingerprint density at radius 2 is 1.44 bits per heavy atom. The predicted molar refractivity (Wildman–Crippen MR) is 65.8 cm³/mol. The second-order valence-corrected chi connectivity index (χ2v) is 5.48. The zero-order chi connectivity index (χ0) is 13.2. The van der Waals surface area contributed by atoms with Gasteiger partial charge in [-0.15, -0.1) is 0 Å². The van der Waals surface area contributed by atoms with Gasteiger partial charge in [0.05, 0.1) is 13.2 Å². The molecular formula is C14H22O4. The number of fused-ring (bicyclic) bond motifs is 2. The minimum Gasteiger partial charge on any atom is -0.465 e. The molecule has 0 amide bonds. The molecule has 0 radical (unpaired) electrons. The first kappa shape index (κ1) is 13.4. The Morgan fingerprint density at radius 3 is 1.83 bits per heavy atom. The van der Waals surface area contributed by atoms with Gasteiger partial charge >= 0.3 is 11.9 Å². The number of ether oxygens (including phenoxy) is 2. The van der Waals surface area contributed by atoms with E-state index in [2.05, 4.69) is 0 Å². The fourth-order valence-corrected chi connectivity index (χ4v) is 3.57. The monoisotopic (exact) mass is 254 g/mol. The van der Waals surface area contributed by atoms with Gasteiger partial charge in [0.15, 0.2) is 5.41 Å². The Hall–Kier alpha value is -1.06. The zero-order valence-corrected chi connectivity index (χ0v) is 11.2. The van der Waals surface area contributed by atoms with Crippen LogP contribution in [0.15, 0.2) is 0 Å². The van der Waals surface area contributed by atoms with Crippen LogP contribution in [0.2, 0.25) is 0 Å². The Bertz CT molecular complexity index is 305. The summed E-state index contributed by atoms with van der Waals surface area (Å²) in [5.74, 6) is 0.218. The van der Waals surface area contributed by atoms with E-state index in [0.717, 1.165) is 19.3 Å². The van der Waals surface area contributed by atoms with E-state index < -0.39 is 5.41 Å². The third kappa shape index (κ3) is 2.25. The predicted octanol–water partition coefficient (Wildman–Crippen LogP) is 2.31. The Morgan fingerprint density at radius 1 is 1.00 bits per heavy atom. The number of carbonyl (C=O) groups is 2. The Kier molecular flexibility index (Phi) is 3.93. The van der Waals surface area contributed by atoms with E-state index in [1.165, 1.54) is 0 Å². The van der Waals surface area contributed by atoms with Crippen LogP contribution in [-0.4, -0.2) is 25.2 Å². The molecule has 0 spiro atoms. The molecule has 2 aliphatic rings. The minimum absolute atomic E-state index is 0.315. The highest BCUT2D eigenvalue weighted by molar-refractivity contribution is 6.00. The molecular weight excluding hydrogens is 232 g/mol. The molecule has 0 N–H and O–H groups in total. The number of esters is 2. The van der Waals surface area contributed by atoms with Crippen LogP contribution in [0.4, 0.5) is 0 Å². The number of rotatable bonds is 4. The third-order valence-corrected chi connectivity index (χ3v) is 4.26. The summed E-state index contributed by atoms with van der Waals surface area (Å²) >= 11 is 0. The molecule has 2 unspecified atom stereocenters. The summed E-state index contributed by atoms with van der Waals surface area (Å²) in [6.45, 7) is 4.17. The summed E-state index contributed by atoms with van der Waals surface area (Å²) in [6, 6.07) is 0. The fourth-order valence-electron chi connectivity index (χ4n) is 3.57. The maximum absolute atomic E-state index is 12.2. The van der Waals surface area contributed by atoms with Crippen molar-refractivity contribution in [3.8, 4) is 0 Å². The van der Waals surface area contributed by atoms with E-state index in [4.69, 9.17) is 9.47 Å². The van der Waals surface area contributed by atoms with Gasteiger partial charge in [0, 0.05) is 0 Å². The molecule has 2 atom stereocenters. The van der Waals surface area contributed by atoms with Crippen LogP contribution >= 0.6 is 0 Å². The molecule has 0 heterocycles. The second kappa shape index (κ2) is 5.29. The molecule has 2 fully saturated rings. The molecule has 2 saturated carbocycles. The highest BCUT2D eigenvalue weighted by Crippen LogP contribution is 2.51. The topological polar surface area (TPSA) is 52.6 Å². The molecule has 0 aromatic carbocycles. The lowest BCUT2D eigenvalue weighted by Crippen LogP contribution is -2.46. The van der Waals surface area contributed by atoms with Crippen LogP contribution < -0.4 is 0 Å². The molecule has 0 aromatic rings. The summed E-state index contributed by atoms with van der Waals surface area (Å²) in [4.78, 5) is 24.5. The normalized spacial score (nSPS) is 28.8. The van der Waals surface area contributed by atoms with Crippen molar-refractivity contribution in [3.63, 3.8) is 0 Å². The lowest BCUT2D eigenvalue weighted by atomic mass is 9.69. The summed E-state index contributed by atoms with van der Waals surface area (Å²) < 4.78 is 10.3. The molecule has 4 heteroatoms. The van der Waals surface area contributed by atoms with E-state index in [1.54, 1.807) is 13.8 Å². The molecule has 102 valence electrons. The van der Waals surface area contributed by atoms with Crippen LogP contribution in [0.1, 0.15) is 46.0 Å². The van der Waals surface area contributed by atoms with E-state index in [1.807, 2.05) is 0 Å². The van der Waals surface area contributed by atoms with Crippen molar-refractivity contribution in [2.75, 3.05) is 13.2 Å². The molecule has 2 bridgehead atoms. The maximum Gasteiger partial charge on any atom is 0.323 e. The first-order valence-electron chi connectivity index (χ1n) is 6.96. The van der Waals surface area contributed by atoms with Gasteiger partial charge < -0.3 is 9.47 Å². The van der Waals surface area contributed by atoms with Crippen molar-refractivity contribution in [3.05, 3.63) is 0 Å². The van der Waals surface area contributed by atoms with Crippen molar-refractivity contribution in [2.24, 2.45) is 17.3 Å². The molecule has 2 rings (SSSR count). The lowest BCUT2D eigenvalue weighted by Gasteiger charge is -2.36. The standard InChI is InChI=1S/C14H22O4/c1-3-17-12(15)14(13(16)18-4-2)8-10-5-6-11(7-10)9-14/h10-11H,3-9H2,1-2H3. The van der Waals surface area contributed by atoms with Crippen molar-refractivity contribution in [2.45, 2.75) is 46.0 Å². The average molecular weight is 254 g/mol. The SMILES string of the molecule is CCOC(=O)C1(C(=O)OCC)CC2CCC(C2)C1. The van der Waals surface area contributed by atoms with E-state index >= 15 is 0 Å². The first-order chi connectivity index (χ1) is 8.62. The maximum atomic E-state index is 12.2.